The van der Waals surface area contributed by atoms with Crippen molar-refractivity contribution in [2.45, 2.75) is 44.2 Å². The molecule has 0 aromatic carbocycles. The Morgan fingerprint density at radius 1 is 1.35 bits per heavy atom. The van der Waals surface area contributed by atoms with Crippen molar-refractivity contribution >= 4 is 18.3 Å². The van der Waals surface area contributed by atoms with Gasteiger partial charge >= 0.3 is 0 Å². The quantitative estimate of drug-likeness (QED) is 0.831. The van der Waals surface area contributed by atoms with Crippen molar-refractivity contribution in [2.75, 3.05) is 26.7 Å². The van der Waals surface area contributed by atoms with Crippen molar-refractivity contribution in [3.8, 4) is 0 Å². The molecule has 0 radical (unpaired) electrons. The molecule has 2 atom stereocenters. The molecular formula is C12H23ClN2O2. The van der Waals surface area contributed by atoms with Gasteiger partial charge in [-0.2, -0.15) is 0 Å². The van der Waals surface area contributed by atoms with Crippen molar-refractivity contribution in [1.82, 2.24) is 10.2 Å². The number of halogens is 1. The van der Waals surface area contributed by atoms with Gasteiger partial charge in [0.25, 0.3) is 0 Å². The summed E-state index contributed by atoms with van der Waals surface area (Å²) in [5.74, 6) is 0.228. The molecule has 0 saturated carbocycles. The molecule has 17 heavy (non-hydrogen) atoms. The average molecular weight is 263 g/mol. The van der Waals surface area contributed by atoms with Crippen LogP contribution in [0.2, 0.25) is 0 Å². The minimum absolute atomic E-state index is 0. The van der Waals surface area contributed by atoms with Crippen molar-refractivity contribution in [3.63, 3.8) is 0 Å². The number of rotatable bonds is 3. The van der Waals surface area contributed by atoms with Gasteiger partial charge < -0.3 is 15.0 Å². The minimum Gasteiger partial charge on any atom is -0.376 e. The van der Waals surface area contributed by atoms with Gasteiger partial charge in [0, 0.05) is 20.2 Å². The molecule has 0 spiro atoms. The monoisotopic (exact) mass is 262 g/mol. The summed E-state index contributed by atoms with van der Waals surface area (Å²) in [5.41, 5.74) is 0. The summed E-state index contributed by atoms with van der Waals surface area (Å²) in [4.78, 5) is 13.9. The minimum atomic E-state index is 0. The van der Waals surface area contributed by atoms with Crippen LogP contribution in [0.1, 0.15) is 32.1 Å². The third-order valence-electron chi connectivity index (χ3n) is 3.49. The lowest BCUT2D eigenvalue weighted by Gasteiger charge is -2.28. The Hall–Kier alpha value is -0.320. The standard InChI is InChI=1S/C12H22N2O2.ClH/c1-14(9-10-5-2-3-8-16-10)12(15)11-6-4-7-13-11;/h10-11,13H,2-9H2,1H3;1H/t10?,11-;/m0./s1. The fraction of sp³-hybridized carbons (Fsp3) is 0.917. The fourth-order valence-electron chi connectivity index (χ4n) is 2.51. The number of carbonyl (C=O) groups is 1. The molecule has 2 aliphatic rings. The summed E-state index contributed by atoms with van der Waals surface area (Å²) in [6, 6.07) is 0.0496. The van der Waals surface area contributed by atoms with Gasteiger partial charge in [0.2, 0.25) is 5.91 Å². The first-order valence-corrected chi connectivity index (χ1v) is 6.37. The van der Waals surface area contributed by atoms with Crippen LogP contribution in [-0.2, 0) is 9.53 Å². The number of likely N-dealkylation sites (N-methyl/N-ethyl adjacent to an activating group) is 1. The van der Waals surface area contributed by atoms with E-state index in [9.17, 15) is 4.79 Å². The molecule has 2 heterocycles. The lowest BCUT2D eigenvalue weighted by Crippen LogP contribution is -2.45. The largest absolute Gasteiger partial charge is 0.376 e. The van der Waals surface area contributed by atoms with Crippen LogP contribution in [0.3, 0.4) is 0 Å². The topological polar surface area (TPSA) is 41.6 Å². The van der Waals surface area contributed by atoms with Crippen LogP contribution < -0.4 is 5.32 Å². The van der Waals surface area contributed by atoms with Gasteiger partial charge in [-0.05, 0) is 38.6 Å². The molecule has 1 amide bonds. The van der Waals surface area contributed by atoms with E-state index < -0.39 is 0 Å². The molecule has 5 heteroatoms. The van der Waals surface area contributed by atoms with E-state index in [1.54, 1.807) is 0 Å². The predicted octanol–water partition coefficient (Wildman–Crippen LogP) is 1.19. The maximum atomic E-state index is 12.0. The van der Waals surface area contributed by atoms with Crippen LogP contribution in [-0.4, -0.2) is 49.7 Å². The summed E-state index contributed by atoms with van der Waals surface area (Å²) in [6.07, 6.45) is 5.84. The zero-order chi connectivity index (χ0) is 11.4. The zero-order valence-corrected chi connectivity index (χ0v) is 11.3. The summed E-state index contributed by atoms with van der Waals surface area (Å²) >= 11 is 0. The van der Waals surface area contributed by atoms with Crippen molar-refractivity contribution in [3.05, 3.63) is 0 Å². The van der Waals surface area contributed by atoms with Gasteiger partial charge in [-0.3, -0.25) is 4.79 Å². The first-order valence-electron chi connectivity index (χ1n) is 6.37. The molecule has 2 saturated heterocycles. The molecule has 0 bridgehead atoms. The SMILES string of the molecule is CN(CC1CCCCO1)C(=O)[C@@H]1CCCN1.Cl. The van der Waals surface area contributed by atoms with Crippen LogP contribution in [0.4, 0.5) is 0 Å². The van der Waals surface area contributed by atoms with Crippen LogP contribution in [0.25, 0.3) is 0 Å². The summed E-state index contributed by atoms with van der Waals surface area (Å²) < 4.78 is 5.65. The number of nitrogens with one attached hydrogen (secondary N) is 1. The Balaban J connectivity index is 0.00000144. The molecule has 0 aliphatic carbocycles. The Labute approximate surface area is 109 Å². The molecule has 0 aromatic heterocycles. The summed E-state index contributed by atoms with van der Waals surface area (Å²) in [6.45, 7) is 2.58. The molecule has 2 fully saturated rings. The second-order valence-corrected chi connectivity index (χ2v) is 4.86. The van der Waals surface area contributed by atoms with E-state index in [2.05, 4.69) is 5.32 Å². The van der Waals surface area contributed by atoms with Gasteiger partial charge in [0.05, 0.1) is 12.1 Å². The molecule has 2 rings (SSSR count). The number of carbonyl (C=O) groups excluding carboxylic acids is 1. The Kier molecular flexibility index (Phi) is 6.23. The van der Waals surface area contributed by atoms with Crippen molar-refractivity contribution < 1.29 is 9.53 Å². The second-order valence-electron chi connectivity index (χ2n) is 4.86. The van der Waals surface area contributed by atoms with Crippen LogP contribution in [0.15, 0.2) is 0 Å². The van der Waals surface area contributed by atoms with E-state index >= 15 is 0 Å². The molecular weight excluding hydrogens is 240 g/mol. The highest BCUT2D eigenvalue weighted by atomic mass is 35.5. The Bertz CT molecular complexity index is 239. The van der Waals surface area contributed by atoms with Gasteiger partial charge in [-0.25, -0.2) is 0 Å². The predicted molar refractivity (Wildman–Crippen MR) is 69.5 cm³/mol. The van der Waals surface area contributed by atoms with Gasteiger partial charge in [0.15, 0.2) is 0 Å². The fourth-order valence-corrected chi connectivity index (χ4v) is 2.51. The van der Waals surface area contributed by atoms with Crippen LogP contribution in [0.5, 0.6) is 0 Å². The summed E-state index contributed by atoms with van der Waals surface area (Å²) in [5, 5.41) is 3.24. The number of hydrogen-bond acceptors (Lipinski definition) is 3. The third-order valence-corrected chi connectivity index (χ3v) is 3.49. The first-order chi connectivity index (χ1) is 7.77. The highest BCUT2D eigenvalue weighted by molar-refractivity contribution is 5.85. The second kappa shape index (κ2) is 7.19. The van der Waals surface area contributed by atoms with Crippen molar-refractivity contribution in [2.24, 2.45) is 0 Å². The highest BCUT2D eigenvalue weighted by Gasteiger charge is 2.26. The van der Waals surface area contributed by atoms with Crippen molar-refractivity contribution in [1.29, 1.82) is 0 Å². The first kappa shape index (κ1) is 14.7. The Morgan fingerprint density at radius 2 is 2.18 bits per heavy atom. The van der Waals surface area contributed by atoms with E-state index in [0.717, 1.165) is 39.0 Å². The Morgan fingerprint density at radius 3 is 2.76 bits per heavy atom. The summed E-state index contributed by atoms with van der Waals surface area (Å²) in [7, 11) is 1.89. The molecule has 1 unspecified atom stereocenters. The average Bonchev–Trinajstić information content (AvgIpc) is 2.83. The number of ether oxygens (including phenoxy) is 1. The van der Waals surface area contributed by atoms with E-state index in [0.29, 0.717) is 0 Å². The van der Waals surface area contributed by atoms with E-state index in [1.165, 1.54) is 12.8 Å². The van der Waals surface area contributed by atoms with E-state index in [4.69, 9.17) is 4.74 Å². The molecule has 1 N–H and O–H groups in total. The van der Waals surface area contributed by atoms with Gasteiger partial charge in [-0.1, -0.05) is 0 Å². The van der Waals surface area contributed by atoms with Crippen LogP contribution in [0, 0.1) is 0 Å². The number of nitrogens with zero attached hydrogens (tertiary/aromatic N) is 1. The van der Waals surface area contributed by atoms with E-state index in [-0.39, 0.29) is 30.5 Å². The third kappa shape index (κ3) is 4.12. The lowest BCUT2D eigenvalue weighted by atomic mass is 10.1. The maximum Gasteiger partial charge on any atom is 0.239 e. The maximum absolute atomic E-state index is 12.0. The van der Waals surface area contributed by atoms with Crippen LogP contribution >= 0.6 is 12.4 Å². The number of hydrogen-bond donors (Lipinski definition) is 1. The molecule has 4 nitrogen and oxygen atoms in total. The molecule has 0 aromatic rings. The molecule has 2 aliphatic heterocycles. The molecule has 100 valence electrons. The number of amides is 1. The smallest absolute Gasteiger partial charge is 0.239 e. The highest BCUT2D eigenvalue weighted by Crippen LogP contribution is 2.15. The normalized spacial score (nSPS) is 28.5. The zero-order valence-electron chi connectivity index (χ0n) is 10.5. The lowest BCUT2D eigenvalue weighted by molar-refractivity contribution is -0.134. The van der Waals surface area contributed by atoms with Gasteiger partial charge in [0.1, 0.15) is 0 Å². The van der Waals surface area contributed by atoms with Gasteiger partial charge in [-0.15, -0.1) is 12.4 Å². The van der Waals surface area contributed by atoms with E-state index in [1.807, 2.05) is 11.9 Å².